The molecule has 1 aliphatic heterocycles. The molecule has 0 bridgehead atoms. The molecule has 0 atom stereocenters. The molecule has 1 N–H and O–H groups in total. The van der Waals surface area contributed by atoms with Crippen molar-refractivity contribution in [2.75, 3.05) is 13.1 Å². The summed E-state index contributed by atoms with van der Waals surface area (Å²) in [5.74, 6) is 0.936. The first-order valence-corrected chi connectivity index (χ1v) is 8.94. The minimum atomic E-state index is -0.110. The predicted octanol–water partition coefficient (Wildman–Crippen LogP) is 2.59. The van der Waals surface area contributed by atoms with Gasteiger partial charge in [0, 0.05) is 43.0 Å². The maximum absolute atomic E-state index is 13.0. The molecule has 0 unspecified atom stereocenters. The highest BCUT2D eigenvalue weighted by Gasteiger charge is 2.27. The third-order valence-electron chi connectivity index (χ3n) is 5.25. The van der Waals surface area contributed by atoms with Gasteiger partial charge in [-0.3, -0.25) is 9.59 Å². The van der Waals surface area contributed by atoms with Crippen molar-refractivity contribution in [1.29, 1.82) is 0 Å². The van der Waals surface area contributed by atoms with E-state index in [1.807, 2.05) is 46.8 Å². The lowest BCUT2D eigenvalue weighted by molar-refractivity contribution is 0.0703. The SMILES string of the molecule is Cc1nc(C2CCN(C(=O)c3cc4ccccc4n3C)CC2)cc(=O)[nH]1. The van der Waals surface area contributed by atoms with Crippen molar-refractivity contribution in [3.63, 3.8) is 0 Å². The normalized spacial score (nSPS) is 15.5. The van der Waals surface area contributed by atoms with Gasteiger partial charge in [0.15, 0.2) is 0 Å². The fourth-order valence-electron chi connectivity index (χ4n) is 3.85. The number of nitrogens with one attached hydrogen (secondary N) is 1. The number of H-pyrrole nitrogens is 1. The Balaban J connectivity index is 1.51. The summed E-state index contributed by atoms with van der Waals surface area (Å²) < 4.78 is 1.96. The number of carbonyl (C=O) groups is 1. The van der Waals surface area contributed by atoms with E-state index in [9.17, 15) is 9.59 Å². The number of aryl methyl sites for hydroxylation is 2. The van der Waals surface area contributed by atoms with Crippen LogP contribution in [0.15, 0.2) is 41.2 Å². The Morgan fingerprint density at radius 2 is 1.92 bits per heavy atom. The Labute approximate surface area is 151 Å². The number of aromatic nitrogens is 3. The van der Waals surface area contributed by atoms with Crippen LogP contribution in [0.1, 0.15) is 40.8 Å². The summed E-state index contributed by atoms with van der Waals surface area (Å²) >= 11 is 0. The van der Waals surface area contributed by atoms with E-state index >= 15 is 0 Å². The summed E-state index contributed by atoms with van der Waals surface area (Å²) in [7, 11) is 1.94. The van der Waals surface area contributed by atoms with Crippen molar-refractivity contribution in [3.8, 4) is 0 Å². The maximum Gasteiger partial charge on any atom is 0.270 e. The maximum atomic E-state index is 13.0. The number of amides is 1. The summed E-state index contributed by atoms with van der Waals surface area (Å²) in [4.78, 5) is 33.7. The van der Waals surface area contributed by atoms with Crippen molar-refractivity contribution in [2.24, 2.45) is 7.05 Å². The van der Waals surface area contributed by atoms with E-state index in [1.165, 1.54) is 0 Å². The van der Waals surface area contributed by atoms with Crippen molar-refractivity contribution in [1.82, 2.24) is 19.4 Å². The summed E-state index contributed by atoms with van der Waals surface area (Å²) in [6, 6.07) is 11.6. The Kier molecular flexibility index (Phi) is 4.11. The van der Waals surface area contributed by atoms with Gasteiger partial charge in [-0.1, -0.05) is 18.2 Å². The molecule has 3 aromatic rings. The zero-order valence-corrected chi connectivity index (χ0v) is 15.0. The average Bonchev–Trinajstić information content (AvgIpc) is 2.97. The zero-order valence-electron chi connectivity index (χ0n) is 15.0. The van der Waals surface area contributed by atoms with E-state index in [4.69, 9.17) is 0 Å². The third kappa shape index (κ3) is 2.92. The number of rotatable bonds is 2. The summed E-state index contributed by atoms with van der Waals surface area (Å²) in [6.07, 6.45) is 1.65. The Bertz CT molecular complexity index is 1030. The Morgan fingerprint density at radius 1 is 1.19 bits per heavy atom. The van der Waals surface area contributed by atoms with Crippen molar-refractivity contribution >= 4 is 16.8 Å². The second kappa shape index (κ2) is 6.44. The highest BCUT2D eigenvalue weighted by Crippen LogP contribution is 2.27. The van der Waals surface area contributed by atoms with Crippen molar-refractivity contribution in [2.45, 2.75) is 25.7 Å². The van der Waals surface area contributed by atoms with Crippen LogP contribution in [0.4, 0.5) is 0 Å². The fourth-order valence-corrected chi connectivity index (χ4v) is 3.85. The first kappa shape index (κ1) is 16.6. The molecule has 6 nitrogen and oxygen atoms in total. The van der Waals surface area contributed by atoms with E-state index in [2.05, 4.69) is 9.97 Å². The first-order valence-electron chi connectivity index (χ1n) is 8.94. The van der Waals surface area contributed by atoms with E-state index in [1.54, 1.807) is 13.0 Å². The number of fused-ring (bicyclic) bond motifs is 1. The molecule has 0 radical (unpaired) electrons. The second-order valence-electron chi connectivity index (χ2n) is 6.97. The van der Waals surface area contributed by atoms with Crippen LogP contribution in [0.5, 0.6) is 0 Å². The van der Waals surface area contributed by atoms with Gasteiger partial charge in [0.25, 0.3) is 11.5 Å². The number of benzene rings is 1. The largest absolute Gasteiger partial charge is 0.340 e. The Morgan fingerprint density at radius 3 is 2.62 bits per heavy atom. The fraction of sp³-hybridized carbons (Fsp3) is 0.350. The molecule has 0 saturated carbocycles. The minimum absolute atomic E-state index is 0.0669. The van der Waals surface area contributed by atoms with Gasteiger partial charge >= 0.3 is 0 Å². The number of aromatic amines is 1. The first-order chi connectivity index (χ1) is 12.5. The van der Waals surface area contributed by atoms with Crippen LogP contribution in [0.25, 0.3) is 10.9 Å². The number of piperidine rings is 1. The topological polar surface area (TPSA) is 71.0 Å². The second-order valence-corrected chi connectivity index (χ2v) is 6.97. The van der Waals surface area contributed by atoms with Crippen LogP contribution < -0.4 is 5.56 Å². The van der Waals surface area contributed by atoms with Crippen LogP contribution in [0, 0.1) is 6.92 Å². The van der Waals surface area contributed by atoms with Gasteiger partial charge in [-0.2, -0.15) is 0 Å². The predicted molar refractivity (Wildman–Crippen MR) is 100 cm³/mol. The number of likely N-dealkylation sites (tertiary alicyclic amines) is 1. The van der Waals surface area contributed by atoms with Gasteiger partial charge in [-0.25, -0.2) is 4.98 Å². The molecule has 6 heteroatoms. The molecule has 26 heavy (non-hydrogen) atoms. The van der Waals surface area contributed by atoms with Gasteiger partial charge in [0.05, 0.1) is 5.69 Å². The van der Waals surface area contributed by atoms with E-state index in [0.29, 0.717) is 18.9 Å². The van der Waals surface area contributed by atoms with Gasteiger partial charge in [-0.15, -0.1) is 0 Å². The molecule has 3 heterocycles. The van der Waals surface area contributed by atoms with E-state index in [-0.39, 0.29) is 17.4 Å². The zero-order chi connectivity index (χ0) is 18.3. The molecule has 1 saturated heterocycles. The summed E-state index contributed by atoms with van der Waals surface area (Å²) in [5.41, 5.74) is 2.51. The average molecular weight is 350 g/mol. The number of carbonyl (C=O) groups excluding carboxylic acids is 1. The van der Waals surface area contributed by atoms with Crippen LogP contribution in [0.3, 0.4) is 0 Å². The van der Waals surface area contributed by atoms with Crippen molar-refractivity contribution in [3.05, 3.63) is 64.0 Å². The molecular weight excluding hydrogens is 328 g/mol. The van der Waals surface area contributed by atoms with Gasteiger partial charge < -0.3 is 14.5 Å². The molecule has 1 fully saturated rings. The standard InChI is InChI=1S/C20H22N4O2/c1-13-21-16(12-19(25)22-13)14-7-9-24(10-8-14)20(26)18-11-15-5-3-4-6-17(15)23(18)2/h3-6,11-12,14H,7-10H2,1-2H3,(H,21,22,25). The molecule has 1 amide bonds. The minimum Gasteiger partial charge on any atom is -0.340 e. The van der Waals surface area contributed by atoms with Crippen LogP contribution in [0.2, 0.25) is 0 Å². The molecule has 0 aliphatic carbocycles. The highest BCUT2D eigenvalue weighted by atomic mass is 16.2. The molecule has 1 aliphatic rings. The monoisotopic (exact) mass is 350 g/mol. The number of para-hydroxylation sites is 1. The van der Waals surface area contributed by atoms with Crippen LogP contribution >= 0.6 is 0 Å². The molecule has 134 valence electrons. The molecule has 0 spiro atoms. The molecule has 1 aromatic carbocycles. The van der Waals surface area contributed by atoms with Gasteiger partial charge in [-0.05, 0) is 31.9 Å². The number of hydrogen-bond acceptors (Lipinski definition) is 3. The lowest BCUT2D eigenvalue weighted by Crippen LogP contribution is -2.39. The molecule has 4 rings (SSSR count). The van der Waals surface area contributed by atoms with E-state index < -0.39 is 0 Å². The lowest BCUT2D eigenvalue weighted by Gasteiger charge is -2.31. The summed E-state index contributed by atoms with van der Waals surface area (Å²) in [6.45, 7) is 3.15. The smallest absolute Gasteiger partial charge is 0.270 e. The third-order valence-corrected chi connectivity index (χ3v) is 5.25. The number of hydrogen-bond donors (Lipinski definition) is 1. The molecule has 2 aromatic heterocycles. The quantitative estimate of drug-likeness (QED) is 0.772. The van der Waals surface area contributed by atoms with Crippen LogP contribution in [-0.2, 0) is 7.05 Å². The highest BCUT2D eigenvalue weighted by molar-refractivity contribution is 5.98. The summed E-state index contributed by atoms with van der Waals surface area (Å²) in [5, 5.41) is 1.08. The van der Waals surface area contributed by atoms with E-state index in [0.717, 1.165) is 35.1 Å². The molecular formula is C20H22N4O2. The van der Waals surface area contributed by atoms with Gasteiger partial charge in [0.1, 0.15) is 11.5 Å². The van der Waals surface area contributed by atoms with Gasteiger partial charge in [0.2, 0.25) is 0 Å². The van der Waals surface area contributed by atoms with Crippen LogP contribution in [-0.4, -0.2) is 38.4 Å². The number of nitrogens with zero attached hydrogens (tertiary/aromatic N) is 3. The Hall–Kier alpha value is -2.89. The van der Waals surface area contributed by atoms with Crippen molar-refractivity contribution < 1.29 is 4.79 Å². The lowest BCUT2D eigenvalue weighted by atomic mass is 9.93.